The van der Waals surface area contributed by atoms with Crippen LogP contribution < -0.4 is 0 Å². The van der Waals surface area contributed by atoms with Gasteiger partial charge in [-0.05, 0) is 22.8 Å². The molecule has 0 saturated carbocycles. The normalized spacial score (nSPS) is 11.3. The molecular weight excluding hydrogens is 184 g/mol. The summed E-state index contributed by atoms with van der Waals surface area (Å²) in [6, 6.07) is 14.6. The Balaban J connectivity index is 2.42. The number of aliphatic hydroxyl groups is 1. The molecule has 2 aromatic carbocycles. The first-order chi connectivity index (χ1) is 7.42. The van der Waals surface area contributed by atoms with Crippen LogP contribution in [0.15, 0.2) is 48.5 Å². The van der Waals surface area contributed by atoms with Crippen molar-refractivity contribution in [1.29, 1.82) is 0 Å². The average molecular weight is 198 g/mol. The summed E-state index contributed by atoms with van der Waals surface area (Å²) in [7, 11) is 0. The van der Waals surface area contributed by atoms with Gasteiger partial charge in [0.15, 0.2) is 0 Å². The maximum Gasteiger partial charge on any atom is 0.0465 e. The Labute approximate surface area is 89.7 Å². The Bertz CT molecular complexity index is 466. The van der Waals surface area contributed by atoms with Gasteiger partial charge in [0.05, 0.1) is 0 Å². The monoisotopic (exact) mass is 198 g/mol. The molecule has 0 aliphatic carbocycles. The van der Waals surface area contributed by atoms with Gasteiger partial charge < -0.3 is 5.11 Å². The summed E-state index contributed by atoms with van der Waals surface area (Å²) in [6.45, 7) is 0.210. The van der Waals surface area contributed by atoms with Gasteiger partial charge in [-0.3, -0.25) is 0 Å². The second-order valence-electron chi connectivity index (χ2n) is 3.48. The number of rotatable bonds is 3. The van der Waals surface area contributed by atoms with Gasteiger partial charge in [-0.15, -0.1) is 0 Å². The highest BCUT2D eigenvalue weighted by atomic mass is 16.2. The van der Waals surface area contributed by atoms with Crippen LogP contribution in [0.5, 0.6) is 0 Å². The molecule has 0 unspecified atom stereocenters. The molecule has 0 radical (unpaired) electrons. The van der Waals surface area contributed by atoms with E-state index in [9.17, 15) is 0 Å². The number of hydrogen-bond donors (Lipinski definition) is 1. The van der Waals surface area contributed by atoms with Crippen molar-refractivity contribution < 1.29 is 5.11 Å². The summed E-state index contributed by atoms with van der Waals surface area (Å²) in [5.41, 5.74) is 1.21. The van der Waals surface area contributed by atoms with E-state index in [-0.39, 0.29) is 6.61 Å². The highest BCUT2D eigenvalue weighted by molar-refractivity contribution is 5.90. The van der Waals surface area contributed by atoms with Crippen molar-refractivity contribution in [1.82, 2.24) is 0 Å². The third-order valence-electron chi connectivity index (χ3n) is 2.42. The van der Waals surface area contributed by atoms with E-state index in [1.807, 2.05) is 18.2 Å². The van der Waals surface area contributed by atoms with Crippen LogP contribution in [0.4, 0.5) is 0 Å². The van der Waals surface area contributed by atoms with E-state index in [4.69, 9.17) is 5.11 Å². The Kier molecular flexibility index (Phi) is 3.15. The van der Waals surface area contributed by atoms with Crippen LogP contribution in [-0.4, -0.2) is 11.7 Å². The first-order valence-corrected chi connectivity index (χ1v) is 5.17. The standard InChI is InChI=1S/C14H14O/c15-11-4-3-7-13-9-5-8-12-6-1-2-10-14(12)13/h1-3,5-10,15H,4,11H2. The third-order valence-corrected chi connectivity index (χ3v) is 2.42. The van der Waals surface area contributed by atoms with Crippen molar-refractivity contribution >= 4 is 16.8 Å². The number of aliphatic hydroxyl groups excluding tert-OH is 1. The van der Waals surface area contributed by atoms with Gasteiger partial charge in [-0.25, -0.2) is 0 Å². The van der Waals surface area contributed by atoms with Gasteiger partial charge in [0.2, 0.25) is 0 Å². The van der Waals surface area contributed by atoms with Crippen molar-refractivity contribution in [2.75, 3.05) is 6.61 Å². The highest BCUT2D eigenvalue weighted by Gasteiger charge is 1.95. The lowest BCUT2D eigenvalue weighted by molar-refractivity contribution is 0.303. The fourth-order valence-electron chi connectivity index (χ4n) is 1.68. The zero-order chi connectivity index (χ0) is 10.5. The summed E-state index contributed by atoms with van der Waals surface area (Å²) in [5.74, 6) is 0. The van der Waals surface area contributed by atoms with E-state index in [1.54, 1.807) is 0 Å². The predicted molar refractivity (Wildman–Crippen MR) is 64.7 cm³/mol. The molecule has 1 nitrogen and oxygen atoms in total. The number of benzene rings is 2. The molecule has 0 atom stereocenters. The molecular formula is C14H14O. The van der Waals surface area contributed by atoms with E-state index in [2.05, 4.69) is 36.4 Å². The van der Waals surface area contributed by atoms with Crippen LogP contribution in [0.1, 0.15) is 12.0 Å². The Morgan fingerprint density at radius 1 is 1.00 bits per heavy atom. The molecule has 2 rings (SSSR count). The van der Waals surface area contributed by atoms with E-state index < -0.39 is 0 Å². The van der Waals surface area contributed by atoms with Crippen molar-refractivity contribution in [2.24, 2.45) is 0 Å². The van der Waals surface area contributed by atoms with Gasteiger partial charge >= 0.3 is 0 Å². The quantitative estimate of drug-likeness (QED) is 0.802. The summed E-state index contributed by atoms with van der Waals surface area (Å²) in [4.78, 5) is 0. The fourth-order valence-corrected chi connectivity index (χ4v) is 1.68. The molecule has 0 fully saturated rings. The van der Waals surface area contributed by atoms with Gasteiger partial charge in [0.25, 0.3) is 0 Å². The van der Waals surface area contributed by atoms with Crippen LogP contribution in [-0.2, 0) is 0 Å². The Morgan fingerprint density at radius 2 is 1.80 bits per heavy atom. The van der Waals surface area contributed by atoms with Crippen molar-refractivity contribution in [3.05, 3.63) is 54.1 Å². The molecule has 2 aromatic rings. The molecule has 1 heteroatoms. The van der Waals surface area contributed by atoms with Crippen LogP contribution in [0, 0.1) is 0 Å². The fraction of sp³-hybridized carbons (Fsp3) is 0.143. The molecule has 0 bridgehead atoms. The molecule has 0 saturated heterocycles. The first kappa shape index (κ1) is 9.94. The van der Waals surface area contributed by atoms with E-state index >= 15 is 0 Å². The Morgan fingerprint density at radius 3 is 2.67 bits per heavy atom. The zero-order valence-electron chi connectivity index (χ0n) is 8.56. The molecule has 0 aliphatic rings. The molecule has 0 aliphatic heterocycles. The minimum absolute atomic E-state index is 0.210. The van der Waals surface area contributed by atoms with Crippen LogP contribution in [0.2, 0.25) is 0 Å². The van der Waals surface area contributed by atoms with Gasteiger partial charge in [0, 0.05) is 6.61 Å². The van der Waals surface area contributed by atoms with Gasteiger partial charge in [0.1, 0.15) is 0 Å². The molecule has 1 N–H and O–H groups in total. The topological polar surface area (TPSA) is 20.2 Å². The molecule has 0 amide bonds. The molecule has 0 heterocycles. The van der Waals surface area contributed by atoms with Crippen LogP contribution in [0.3, 0.4) is 0 Å². The summed E-state index contributed by atoms with van der Waals surface area (Å²) in [6.07, 6.45) is 4.78. The maximum absolute atomic E-state index is 8.71. The van der Waals surface area contributed by atoms with Gasteiger partial charge in [-0.1, -0.05) is 54.6 Å². The SMILES string of the molecule is OCCC=Cc1cccc2ccccc12. The zero-order valence-corrected chi connectivity index (χ0v) is 8.56. The van der Waals surface area contributed by atoms with Crippen molar-refractivity contribution in [2.45, 2.75) is 6.42 Å². The minimum Gasteiger partial charge on any atom is -0.396 e. The van der Waals surface area contributed by atoms with E-state index in [0.717, 1.165) is 0 Å². The first-order valence-electron chi connectivity index (χ1n) is 5.17. The molecule has 76 valence electrons. The maximum atomic E-state index is 8.71. The third kappa shape index (κ3) is 2.25. The lowest BCUT2D eigenvalue weighted by Gasteiger charge is -2.01. The lowest BCUT2D eigenvalue weighted by atomic mass is 10.0. The van der Waals surface area contributed by atoms with Gasteiger partial charge in [-0.2, -0.15) is 0 Å². The van der Waals surface area contributed by atoms with E-state index in [1.165, 1.54) is 16.3 Å². The highest BCUT2D eigenvalue weighted by Crippen LogP contribution is 2.19. The minimum atomic E-state index is 0.210. The van der Waals surface area contributed by atoms with E-state index in [0.29, 0.717) is 6.42 Å². The summed E-state index contributed by atoms with van der Waals surface area (Å²) < 4.78 is 0. The van der Waals surface area contributed by atoms with Crippen LogP contribution in [0.25, 0.3) is 16.8 Å². The second kappa shape index (κ2) is 4.76. The number of hydrogen-bond acceptors (Lipinski definition) is 1. The molecule has 0 aromatic heterocycles. The summed E-state index contributed by atoms with van der Waals surface area (Å²) >= 11 is 0. The van der Waals surface area contributed by atoms with Crippen LogP contribution >= 0.6 is 0 Å². The Hall–Kier alpha value is -1.60. The largest absolute Gasteiger partial charge is 0.396 e. The summed E-state index contributed by atoms with van der Waals surface area (Å²) in [5, 5.41) is 11.2. The number of fused-ring (bicyclic) bond motifs is 1. The average Bonchev–Trinajstić information content (AvgIpc) is 2.30. The molecule has 15 heavy (non-hydrogen) atoms. The smallest absolute Gasteiger partial charge is 0.0465 e. The molecule has 0 spiro atoms. The lowest BCUT2D eigenvalue weighted by Crippen LogP contribution is -1.79. The van der Waals surface area contributed by atoms with Crippen molar-refractivity contribution in [3.63, 3.8) is 0 Å². The second-order valence-corrected chi connectivity index (χ2v) is 3.48. The predicted octanol–water partition coefficient (Wildman–Crippen LogP) is 3.24. The van der Waals surface area contributed by atoms with Crippen molar-refractivity contribution in [3.8, 4) is 0 Å².